The molecule has 144 valence electrons. The van der Waals surface area contributed by atoms with Crippen LogP contribution in [0, 0.1) is 13.8 Å². The van der Waals surface area contributed by atoms with Crippen LogP contribution in [0.15, 0.2) is 70.3 Å². The maximum absolute atomic E-state index is 13.0. The Bertz CT molecular complexity index is 1210. The molecular weight excluding hydrogens is 376 g/mol. The third-order valence-electron chi connectivity index (χ3n) is 4.56. The van der Waals surface area contributed by atoms with Crippen molar-refractivity contribution in [2.45, 2.75) is 24.8 Å². The number of furan rings is 1. The second-order valence-corrected chi connectivity index (χ2v) is 8.32. The van der Waals surface area contributed by atoms with E-state index >= 15 is 0 Å². The Hall–Kier alpha value is -2.97. The maximum atomic E-state index is 13.0. The van der Waals surface area contributed by atoms with Crippen molar-refractivity contribution in [1.82, 2.24) is 19.5 Å². The molecule has 0 saturated heterocycles. The number of pyridine rings is 1. The normalized spacial score (nSPS) is 13.1. The summed E-state index contributed by atoms with van der Waals surface area (Å²) < 4.78 is 36.1. The summed E-state index contributed by atoms with van der Waals surface area (Å²) in [6.45, 7) is 3.93. The predicted molar refractivity (Wildman–Crippen MR) is 105 cm³/mol. The van der Waals surface area contributed by atoms with Gasteiger partial charge in [-0.25, -0.2) is 13.1 Å². The molecule has 0 spiro atoms. The zero-order chi connectivity index (χ0) is 19.7. The first-order chi connectivity index (χ1) is 13.5. The van der Waals surface area contributed by atoms with Crippen LogP contribution in [0.4, 0.5) is 0 Å². The Morgan fingerprint density at radius 3 is 2.68 bits per heavy atom. The van der Waals surface area contributed by atoms with Gasteiger partial charge in [0.15, 0.2) is 0 Å². The van der Waals surface area contributed by atoms with Crippen molar-refractivity contribution in [3.63, 3.8) is 0 Å². The number of hydrogen-bond donors (Lipinski definition) is 1. The van der Waals surface area contributed by atoms with E-state index in [0.717, 1.165) is 16.8 Å². The lowest BCUT2D eigenvalue weighted by molar-refractivity contribution is 0.397. The van der Waals surface area contributed by atoms with E-state index in [-0.39, 0.29) is 11.4 Å². The van der Waals surface area contributed by atoms with E-state index in [4.69, 9.17) is 4.42 Å². The molecule has 3 heterocycles. The molecule has 0 radical (unpaired) electrons. The summed E-state index contributed by atoms with van der Waals surface area (Å²) in [5, 5.41) is 5.27. The van der Waals surface area contributed by atoms with Crippen molar-refractivity contribution >= 4 is 20.9 Å². The molecule has 4 aromatic rings. The summed E-state index contributed by atoms with van der Waals surface area (Å²) in [5.41, 5.74) is 2.22. The number of sulfonamides is 1. The Balaban J connectivity index is 1.68. The first kappa shape index (κ1) is 18.4. The van der Waals surface area contributed by atoms with Gasteiger partial charge in [-0.1, -0.05) is 18.2 Å². The maximum Gasteiger partial charge on any atom is 0.242 e. The first-order valence-electron chi connectivity index (χ1n) is 8.85. The highest BCUT2D eigenvalue weighted by Crippen LogP contribution is 2.23. The minimum atomic E-state index is -3.78. The van der Waals surface area contributed by atoms with Gasteiger partial charge in [0.1, 0.15) is 16.7 Å². The number of rotatable bonds is 6. The van der Waals surface area contributed by atoms with Crippen LogP contribution in [0.25, 0.3) is 10.9 Å². The van der Waals surface area contributed by atoms with Gasteiger partial charge >= 0.3 is 0 Å². The topological polar surface area (TPSA) is 90.0 Å². The van der Waals surface area contributed by atoms with Crippen LogP contribution in [0.2, 0.25) is 0 Å². The van der Waals surface area contributed by atoms with Gasteiger partial charge in [-0.2, -0.15) is 5.10 Å². The molecule has 0 aliphatic rings. The number of nitrogens with one attached hydrogen (secondary N) is 1. The van der Waals surface area contributed by atoms with Crippen LogP contribution >= 0.6 is 0 Å². The van der Waals surface area contributed by atoms with E-state index in [1.54, 1.807) is 41.4 Å². The SMILES string of the molecule is Cc1cc(C)n(C(CNS(=O)(=O)c2cccc3cccnc23)c2ccco2)n1. The molecule has 0 saturated carbocycles. The van der Waals surface area contributed by atoms with Gasteiger partial charge in [-0.3, -0.25) is 9.67 Å². The number of hydrogen-bond acceptors (Lipinski definition) is 5. The summed E-state index contributed by atoms with van der Waals surface area (Å²) in [4.78, 5) is 4.39. The van der Waals surface area contributed by atoms with Crippen LogP contribution in [-0.2, 0) is 10.0 Å². The summed E-state index contributed by atoms with van der Waals surface area (Å²) in [7, 11) is -3.78. The lowest BCUT2D eigenvalue weighted by Gasteiger charge is -2.18. The number of nitrogens with zero attached hydrogens (tertiary/aromatic N) is 3. The quantitative estimate of drug-likeness (QED) is 0.540. The molecule has 0 amide bonds. The summed E-state index contributed by atoms with van der Waals surface area (Å²) in [6, 6.07) is 13.9. The molecule has 28 heavy (non-hydrogen) atoms. The predicted octanol–water partition coefficient (Wildman–Crippen LogP) is 3.21. The van der Waals surface area contributed by atoms with E-state index < -0.39 is 16.1 Å². The van der Waals surface area contributed by atoms with Crippen molar-refractivity contribution in [3.05, 3.63) is 78.1 Å². The zero-order valence-corrected chi connectivity index (χ0v) is 16.3. The highest BCUT2D eigenvalue weighted by Gasteiger charge is 2.24. The van der Waals surface area contributed by atoms with E-state index in [1.165, 1.54) is 0 Å². The number of para-hydroxylation sites is 1. The fraction of sp³-hybridized carbons (Fsp3) is 0.200. The summed E-state index contributed by atoms with van der Waals surface area (Å²) >= 11 is 0. The van der Waals surface area contributed by atoms with Gasteiger partial charge in [0.05, 0.1) is 17.5 Å². The molecule has 8 heteroatoms. The molecular formula is C20H20N4O3S. The highest BCUT2D eigenvalue weighted by molar-refractivity contribution is 7.89. The molecule has 7 nitrogen and oxygen atoms in total. The van der Waals surface area contributed by atoms with Crippen LogP contribution in [-0.4, -0.2) is 29.7 Å². The second kappa shape index (κ2) is 7.21. The molecule has 1 atom stereocenters. The van der Waals surface area contributed by atoms with Gasteiger partial charge in [-0.05, 0) is 44.2 Å². The first-order valence-corrected chi connectivity index (χ1v) is 10.3. The van der Waals surface area contributed by atoms with Crippen LogP contribution < -0.4 is 4.72 Å². The molecule has 3 aromatic heterocycles. The standard InChI is InChI=1S/C20H20N4O3S/c1-14-12-15(2)24(23-14)17(18-8-5-11-27-18)13-22-28(25,26)19-9-3-6-16-7-4-10-21-20(16)19/h3-12,17,22H,13H2,1-2H3. The van der Waals surface area contributed by atoms with Crippen molar-refractivity contribution in [2.75, 3.05) is 6.54 Å². The van der Waals surface area contributed by atoms with E-state index in [1.807, 2.05) is 38.1 Å². The number of aromatic nitrogens is 3. The van der Waals surface area contributed by atoms with Gasteiger partial charge in [0.25, 0.3) is 0 Å². The van der Waals surface area contributed by atoms with Crippen molar-refractivity contribution in [2.24, 2.45) is 0 Å². The van der Waals surface area contributed by atoms with Gasteiger partial charge in [-0.15, -0.1) is 0 Å². The minimum absolute atomic E-state index is 0.0982. The van der Waals surface area contributed by atoms with Crippen LogP contribution in [0.1, 0.15) is 23.2 Å². The lowest BCUT2D eigenvalue weighted by atomic mass is 10.2. The second-order valence-electron chi connectivity index (χ2n) is 6.59. The third kappa shape index (κ3) is 3.44. The van der Waals surface area contributed by atoms with E-state index in [9.17, 15) is 8.42 Å². The van der Waals surface area contributed by atoms with Crippen LogP contribution in [0.5, 0.6) is 0 Å². The Morgan fingerprint density at radius 2 is 1.96 bits per heavy atom. The monoisotopic (exact) mass is 396 g/mol. The molecule has 1 aromatic carbocycles. The van der Waals surface area contributed by atoms with Gasteiger partial charge in [0, 0.05) is 23.8 Å². The Morgan fingerprint density at radius 1 is 1.14 bits per heavy atom. The summed E-state index contributed by atoms with van der Waals surface area (Å²) in [6.07, 6.45) is 3.15. The average Bonchev–Trinajstić information content (AvgIpc) is 3.31. The van der Waals surface area contributed by atoms with Gasteiger partial charge < -0.3 is 4.42 Å². The van der Waals surface area contributed by atoms with Crippen LogP contribution in [0.3, 0.4) is 0 Å². The highest BCUT2D eigenvalue weighted by atomic mass is 32.2. The zero-order valence-electron chi connectivity index (χ0n) is 15.5. The van der Waals surface area contributed by atoms with Crippen molar-refractivity contribution in [1.29, 1.82) is 0 Å². The molecule has 0 aliphatic heterocycles. The average molecular weight is 396 g/mol. The smallest absolute Gasteiger partial charge is 0.242 e. The van der Waals surface area contributed by atoms with E-state index in [0.29, 0.717) is 11.3 Å². The molecule has 1 N–H and O–H groups in total. The van der Waals surface area contributed by atoms with E-state index in [2.05, 4.69) is 14.8 Å². The molecule has 0 fully saturated rings. The minimum Gasteiger partial charge on any atom is -0.467 e. The molecule has 1 unspecified atom stereocenters. The Kier molecular flexibility index (Phi) is 4.74. The molecule has 4 rings (SSSR count). The number of fused-ring (bicyclic) bond motifs is 1. The third-order valence-corrected chi connectivity index (χ3v) is 6.02. The fourth-order valence-corrected chi connectivity index (χ4v) is 4.53. The van der Waals surface area contributed by atoms with Gasteiger partial charge in [0.2, 0.25) is 10.0 Å². The van der Waals surface area contributed by atoms with Crippen molar-refractivity contribution < 1.29 is 12.8 Å². The number of aryl methyl sites for hydroxylation is 2. The number of benzene rings is 1. The summed E-state index contributed by atoms with van der Waals surface area (Å²) in [5.74, 6) is 0.630. The molecule has 0 bridgehead atoms. The largest absolute Gasteiger partial charge is 0.467 e. The fourth-order valence-electron chi connectivity index (χ4n) is 3.31. The van der Waals surface area contributed by atoms with Crippen molar-refractivity contribution in [3.8, 4) is 0 Å². The Labute approximate surface area is 163 Å². The lowest BCUT2D eigenvalue weighted by Crippen LogP contribution is -2.32. The molecule has 0 aliphatic carbocycles.